The van der Waals surface area contributed by atoms with Gasteiger partial charge in [0.05, 0.1) is 6.10 Å². The molecular weight excluding hydrogens is 176 g/mol. The molecule has 0 aliphatic rings. The zero-order valence-electron chi connectivity index (χ0n) is 8.19. The third-order valence-corrected chi connectivity index (χ3v) is 2.13. The summed E-state index contributed by atoms with van der Waals surface area (Å²) < 4.78 is 0. The molecule has 0 aliphatic carbocycles. The van der Waals surface area contributed by atoms with Crippen LogP contribution in [0.25, 0.3) is 0 Å². The maximum absolute atomic E-state index is 9.78. The van der Waals surface area contributed by atoms with Crippen LogP contribution < -0.4 is 0 Å². The molecule has 0 spiro atoms. The molecule has 0 aromatic heterocycles. The van der Waals surface area contributed by atoms with Gasteiger partial charge in [-0.05, 0) is 18.4 Å². The highest BCUT2D eigenvalue weighted by atomic mass is 16.3. The second kappa shape index (κ2) is 5.58. The molecule has 0 radical (unpaired) electrons. The van der Waals surface area contributed by atoms with E-state index in [9.17, 15) is 5.11 Å². The summed E-state index contributed by atoms with van der Waals surface area (Å²) in [6.45, 7) is 3.89. The minimum atomic E-state index is -0.504. The Hall–Kier alpha value is -1.12. The topological polar surface area (TPSA) is 40.5 Å². The van der Waals surface area contributed by atoms with Gasteiger partial charge in [-0.3, -0.25) is 0 Å². The van der Waals surface area contributed by atoms with Crippen LogP contribution in [0.3, 0.4) is 0 Å². The summed E-state index contributed by atoms with van der Waals surface area (Å²) in [5, 5.41) is 18.5. The first kappa shape index (κ1) is 11.0. The van der Waals surface area contributed by atoms with Crippen molar-refractivity contribution >= 4 is 0 Å². The molecule has 1 aromatic rings. The standard InChI is InChI=1S/C12H16O2/c1-10(7-8-13)9-12(14)11-5-3-2-4-6-11/h2-6,12-14H,1,7-9H2. The number of hydrogen-bond acceptors (Lipinski definition) is 2. The molecule has 76 valence electrons. The van der Waals surface area contributed by atoms with Crippen molar-refractivity contribution < 1.29 is 10.2 Å². The average molecular weight is 192 g/mol. The molecular formula is C12H16O2. The lowest BCUT2D eigenvalue weighted by Gasteiger charge is -2.11. The van der Waals surface area contributed by atoms with E-state index < -0.39 is 6.10 Å². The van der Waals surface area contributed by atoms with Crippen LogP contribution in [-0.2, 0) is 0 Å². The van der Waals surface area contributed by atoms with Crippen molar-refractivity contribution in [2.24, 2.45) is 0 Å². The minimum absolute atomic E-state index is 0.0976. The molecule has 2 heteroatoms. The first-order valence-electron chi connectivity index (χ1n) is 4.74. The quantitative estimate of drug-likeness (QED) is 0.701. The van der Waals surface area contributed by atoms with Crippen molar-refractivity contribution in [2.45, 2.75) is 18.9 Å². The van der Waals surface area contributed by atoms with Gasteiger partial charge in [0.1, 0.15) is 0 Å². The maximum atomic E-state index is 9.78. The molecule has 1 unspecified atom stereocenters. The van der Waals surface area contributed by atoms with Crippen LogP contribution in [0.4, 0.5) is 0 Å². The van der Waals surface area contributed by atoms with Crippen LogP contribution in [0.15, 0.2) is 42.5 Å². The van der Waals surface area contributed by atoms with E-state index in [0.717, 1.165) is 11.1 Å². The SMILES string of the molecule is C=C(CCO)CC(O)c1ccccc1. The smallest absolute Gasteiger partial charge is 0.0827 e. The highest BCUT2D eigenvalue weighted by Gasteiger charge is 2.07. The van der Waals surface area contributed by atoms with Gasteiger partial charge in [-0.15, -0.1) is 0 Å². The van der Waals surface area contributed by atoms with Gasteiger partial charge in [-0.25, -0.2) is 0 Å². The minimum Gasteiger partial charge on any atom is -0.396 e. The van der Waals surface area contributed by atoms with Gasteiger partial charge < -0.3 is 10.2 Å². The lowest BCUT2D eigenvalue weighted by Crippen LogP contribution is -1.99. The number of aliphatic hydroxyl groups excluding tert-OH is 2. The van der Waals surface area contributed by atoms with Crippen molar-refractivity contribution in [3.05, 3.63) is 48.0 Å². The number of rotatable bonds is 5. The van der Waals surface area contributed by atoms with E-state index in [2.05, 4.69) is 6.58 Å². The monoisotopic (exact) mass is 192 g/mol. The Morgan fingerprint density at radius 3 is 2.50 bits per heavy atom. The van der Waals surface area contributed by atoms with E-state index in [1.807, 2.05) is 30.3 Å². The lowest BCUT2D eigenvalue weighted by molar-refractivity contribution is 0.175. The molecule has 14 heavy (non-hydrogen) atoms. The van der Waals surface area contributed by atoms with E-state index in [-0.39, 0.29) is 6.61 Å². The Balaban J connectivity index is 2.50. The number of aliphatic hydroxyl groups is 2. The highest BCUT2D eigenvalue weighted by molar-refractivity contribution is 5.18. The predicted molar refractivity (Wildman–Crippen MR) is 56.9 cm³/mol. The summed E-state index contributed by atoms with van der Waals surface area (Å²) in [5.74, 6) is 0. The van der Waals surface area contributed by atoms with Gasteiger partial charge in [-0.2, -0.15) is 0 Å². The molecule has 0 amide bonds. The second-order valence-corrected chi connectivity index (χ2v) is 3.35. The van der Waals surface area contributed by atoms with Crippen molar-refractivity contribution in [1.29, 1.82) is 0 Å². The Bertz CT molecular complexity index is 280. The zero-order chi connectivity index (χ0) is 10.4. The third-order valence-electron chi connectivity index (χ3n) is 2.13. The van der Waals surface area contributed by atoms with E-state index >= 15 is 0 Å². The first-order chi connectivity index (χ1) is 6.74. The van der Waals surface area contributed by atoms with Crippen LogP contribution in [0, 0.1) is 0 Å². The van der Waals surface area contributed by atoms with Crippen molar-refractivity contribution in [3.8, 4) is 0 Å². The molecule has 1 rings (SSSR count). The van der Waals surface area contributed by atoms with Crippen LogP contribution in [-0.4, -0.2) is 16.8 Å². The van der Waals surface area contributed by atoms with E-state index in [1.165, 1.54) is 0 Å². The molecule has 1 atom stereocenters. The second-order valence-electron chi connectivity index (χ2n) is 3.35. The molecule has 0 saturated carbocycles. The van der Waals surface area contributed by atoms with Crippen LogP contribution in [0.2, 0.25) is 0 Å². The molecule has 1 aromatic carbocycles. The fourth-order valence-corrected chi connectivity index (χ4v) is 1.33. The van der Waals surface area contributed by atoms with Crippen molar-refractivity contribution in [1.82, 2.24) is 0 Å². The van der Waals surface area contributed by atoms with Gasteiger partial charge in [0.2, 0.25) is 0 Å². The number of hydrogen-bond donors (Lipinski definition) is 2. The molecule has 0 fully saturated rings. The van der Waals surface area contributed by atoms with Gasteiger partial charge in [0, 0.05) is 6.61 Å². The Labute approximate surface area is 84.5 Å². The lowest BCUT2D eigenvalue weighted by atomic mass is 10.0. The normalized spacial score (nSPS) is 12.4. The van der Waals surface area contributed by atoms with Gasteiger partial charge in [0.25, 0.3) is 0 Å². The summed E-state index contributed by atoms with van der Waals surface area (Å²) in [6.07, 6.45) is 0.573. The van der Waals surface area contributed by atoms with E-state index in [1.54, 1.807) is 0 Å². The predicted octanol–water partition coefficient (Wildman–Crippen LogP) is 2.05. The van der Waals surface area contributed by atoms with Crippen LogP contribution in [0.1, 0.15) is 24.5 Å². The van der Waals surface area contributed by atoms with E-state index in [0.29, 0.717) is 12.8 Å². The molecule has 0 bridgehead atoms. The zero-order valence-corrected chi connectivity index (χ0v) is 8.19. The first-order valence-corrected chi connectivity index (χ1v) is 4.74. The highest BCUT2D eigenvalue weighted by Crippen LogP contribution is 2.20. The average Bonchev–Trinajstić information content (AvgIpc) is 2.19. The molecule has 2 nitrogen and oxygen atoms in total. The Morgan fingerprint density at radius 2 is 1.93 bits per heavy atom. The molecule has 2 N–H and O–H groups in total. The Kier molecular flexibility index (Phi) is 4.36. The summed E-state index contributed by atoms with van der Waals surface area (Å²) in [7, 11) is 0. The van der Waals surface area contributed by atoms with Crippen molar-refractivity contribution in [3.63, 3.8) is 0 Å². The molecule has 0 heterocycles. The van der Waals surface area contributed by atoms with Gasteiger partial charge >= 0.3 is 0 Å². The molecule has 0 aliphatic heterocycles. The van der Waals surface area contributed by atoms with Crippen LogP contribution in [0.5, 0.6) is 0 Å². The number of benzene rings is 1. The van der Waals surface area contributed by atoms with Gasteiger partial charge in [0.15, 0.2) is 0 Å². The van der Waals surface area contributed by atoms with E-state index in [4.69, 9.17) is 5.11 Å². The summed E-state index contributed by atoms with van der Waals surface area (Å²) in [5.41, 5.74) is 1.77. The van der Waals surface area contributed by atoms with Gasteiger partial charge in [-0.1, -0.05) is 42.5 Å². The third kappa shape index (κ3) is 3.32. The van der Waals surface area contributed by atoms with Crippen LogP contribution >= 0.6 is 0 Å². The summed E-state index contributed by atoms with van der Waals surface area (Å²) in [4.78, 5) is 0. The summed E-state index contributed by atoms with van der Waals surface area (Å²) >= 11 is 0. The maximum Gasteiger partial charge on any atom is 0.0827 e. The fraction of sp³-hybridized carbons (Fsp3) is 0.333. The summed E-state index contributed by atoms with van der Waals surface area (Å²) in [6, 6.07) is 9.48. The fourth-order valence-electron chi connectivity index (χ4n) is 1.33. The largest absolute Gasteiger partial charge is 0.396 e. The molecule has 0 saturated heterocycles. The van der Waals surface area contributed by atoms with Crippen molar-refractivity contribution in [2.75, 3.05) is 6.61 Å². The Morgan fingerprint density at radius 1 is 1.29 bits per heavy atom.